The van der Waals surface area contributed by atoms with Gasteiger partial charge in [-0.15, -0.1) is 0 Å². The minimum atomic E-state index is -3.61. The minimum absolute atomic E-state index is 0.00882. The third kappa shape index (κ3) is 4.81. The summed E-state index contributed by atoms with van der Waals surface area (Å²) in [6, 6.07) is 21.8. The molecule has 0 unspecified atom stereocenters. The lowest BCUT2D eigenvalue weighted by molar-refractivity contribution is -0.0553. The normalized spacial score (nSPS) is 23.0. The lowest BCUT2D eigenvalue weighted by Crippen LogP contribution is -2.67. The molecule has 2 saturated heterocycles. The average Bonchev–Trinajstić information content (AvgIpc) is 2.88. The molecule has 3 aromatic rings. The van der Waals surface area contributed by atoms with E-state index in [0.717, 1.165) is 47.4 Å². The van der Waals surface area contributed by atoms with Gasteiger partial charge in [0.05, 0.1) is 18.6 Å². The van der Waals surface area contributed by atoms with Crippen molar-refractivity contribution in [3.63, 3.8) is 0 Å². The molecule has 0 spiro atoms. The largest absolute Gasteiger partial charge is 0.496 e. The van der Waals surface area contributed by atoms with E-state index in [9.17, 15) is 13.5 Å². The van der Waals surface area contributed by atoms with Gasteiger partial charge in [0.1, 0.15) is 5.75 Å². The smallest absolute Gasteiger partial charge is 0.243 e. The maximum atomic E-state index is 13.7. The molecule has 0 radical (unpaired) electrons. The number of sulfonamides is 1. The summed E-state index contributed by atoms with van der Waals surface area (Å²) < 4.78 is 34.6. The molecule has 2 heterocycles. The maximum Gasteiger partial charge on any atom is 0.243 e. The summed E-state index contributed by atoms with van der Waals surface area (Å²) in [4.78, 5) is 2.69. The van der Waals surface area contributed by atoms with Gasteiger partial charge in [0, 0.05) is 36.7 Å². The minimum Gasteiger partial charge on any atom is -0.496 e. The molecule has 5 rings (SSSR count). The van der Waals surface area contributed by atoms with Gasteiger partial charge in [-0.05, 0) is 68.1 Å². The highest BCUT2D eigenvalue weighted by molar-refractivity contribution is 7.89. The zero-order valence-corrected chi connectivity index (χ0v) is 22.6. The number of hydrogen-bond donors (Lipinski definition) is 1. The van der Waals surface area contributed by atoms with E-state index < -0.39 is 10.0 Å². The van der Waals surface area contributed by atoms with Crippen molar-refractivity contribution in [2.45, 2.75) is 49.6 Å². The zero-order valence-electron chi connectivity index (χ0n) is 21.8. The molecule has 196 valence electrons. The Hall–Kier alpha value is -2.71. The third-order valence-electron chi connectivity index (χ3n) is 8.01. The fourth-order valence-corrected chi connectivity index (χ4v) is 7.77. The van der Waals surface area contributed by atoms with Crippen LogP contribution in [0.5, 0.6) is 5.75 Å². The lowest BCUT2D eigenvalue weighted by Gasteiger charge is -2.57. The number of aryl methyl sites for hydroxylation is 2. The Morgan fingerprint density at radius 1 is 0.973 bits per heavy atom. The summed E-state index contributed by atoms with van der Waals surface area (Å²) in [5, 5.41) is 10.3. The van der Waals surface area contributed by atoms with Crippen LogP contribution in [0.25, 0.3) is 11.1 Å². The van der Waals surface area contributed by atoms with Crippen molar-refractivity contribution < 1.29 is 18.3 Å². The van der Waals surface area contributed by atoms with Gasteiger partial charge in [-0.3, -0.25) is 4.90 Å². The monoisotopic (exact) mass is 520 g/mol. The maximum absolute atomic E-state index is 13.7. The van der Waals surface area contributed by atoms with E-state index in [0.29, 0.717) is 18.0 Å². The van der Waals surface area contributed by atoms with Crippen molar-refractivity contribution in [3.05, 3.63) is 83.4 Å². The summed E-state index contributed by atoms with van der Waals surface area (Å²) in [5.74, 6) is 0.893. The molecule has 3 atom stereocenters. The van der Waals surface area contributed by atoms with Gasteiger partial charge in [0.25, 0.3) is 0 Å². The molecule has 0 amide bonds. The second-order valence-electron chi connectivity index (χ2n) is 10.2. The van der Waals surface area contributed by atoms with Crippen LogP contribution in [0.3, 0.4) is 0 Å². The van der Waals surface area contributed by atoms with Crippen LogP contribution >= 0.6 is 0 Å². The van der Waals surface area contributed by atoms with Gasteiger partial charge in [0.2, 0.25) is 10.0 Å². The predicted molar refractivity (Wildman–Crippen MR) is 146 cm³/mol. The van der Waals surface area contributed by atoms with Crippen molar-refractivity contribution in [1.82, 2.24) is 9.21 Å². The molecule has 37 heavy (non-hydrogen) atoms. The molecule has 7 heteroatoms. The quantitative estimate of drug-likeness (QED) is 0.515. The summed E-state index contributed by atoms with van der Waals surface area (Å²) in [6.07, 6.45) is 1.72. The number of hydrogen-bond acceptors (Lipinski definition) is 5. The van der Waals surface area contributed by atoms with E-state index >= 15 is 0 Å². The second-order valence-corrected chi connectivity index (χ2v) is 12.1. The molecule has 0 bridgehead atoms. The van der Waals surface area contributed by atoms with Crippen molar-refractivity contribution in [3.8, 4) is 16.9 Å². The highest BCUT2D eigenvalue weighted by Gasteiger charge is 2.50. The van der Waals surface area contributed by atoms with Crippen molar-refractivity contribution in [2.75, 3.05) is 33.4 Å². The van der Waals surface area contributed by atoms with E-state index in [1.165, 1.54) is 5.56 Å². The molecule has 3 aromatic carbocycles. The average molecular weight is 521 g/mol. The van der Waals surface area contributed by atoms with Crippen molar-refractivity contribution in [2.24, 2.45) is 0 Å². The molecule has 0 saturated carbocycles. The van der Waals surface area contributed by atoms with Crippen LogP contribution in [-0.4, -0.2) is 68.2 Å². The summed E-state index contributed by atoms with van der Waals surface area (Å²) in [6.45, 7) is 5.79. The van der Waals surface area contributed by atoms with Gasteiger partial charge >= 0.3 is 0 Å². The van der Waals surface area contributed by atoms with E-state index in [4.69, 9.17) is 4.74 Å². The fraction of sp³-hybridized carbons (Fsp3) is 0.400. The lowest BCUT2D eigenvalue weighted by atomic mass is 9.74. The van der Waals surface area contributed by atoms with Crippen LogP contribution in [0.1, 0.15) is 35.4 Å². The Morgan fingerprint density at radius 2 is 1.70 bits per heavy atom. The number of ether oxygens (including phenoxy) is 1. The number of benzene rings is 3. The van der Waals surface area contributed by atoms with E-state index in [1.54, 1.807) is 23.5 Å². The number of methoxy groups -OCH3 is 1. The fourth-order valence-electron chi connectivity index (χ4n) is 6.04. The highest BCUT2D eigenvalue weighted by Crippen LogP contribution is 2.43. The second kappa shape index (κ2) is 10.6. The number of aliphatic hydroxyl groups excluding tert-OH is 1. The summed E-state index contributed by atoms with van der Waals surface area (Å²) in [7, 11) is -1.93. The summed E-state index contributed by atoms with van der Waals surface area (Å²) in [5.41, 5.74) is 5.18. The summed E-state index contributed by atoms with van der Waals surface area (Å²) >= 11 is 0. The van der Waals surface area contributed by atoms with Gasteiger partial charge in [-0.1, -0.05) is 54.1 Å². The van der Waals surface area contributed by atoms with Gasteiger partial charge in [-0.25, -0.2) is 8.42 Å². The van der Waals surface area contributed by atoms with Gasteiger partial charge < -0.3 is 9.84 Å². The molecule has 2 aliphatic rings. The first-order valence-corrected chi connectivity index (χ1v) is 14.5. The number of rotatable bonds is 6. The van der Waals surface area contributed by atoms with Crippen LogP contribution in [-0.2, 0) is 10.0 Å². The van der Waals surface area contributed by atoms with E-state index in [2.05, 4.69) is 42.2 Å². The first-order valence-electron chi connectivity index (χ1n) is 13.0. The molecule has 2 aliphatic heterocycles. The first-order chi connectivity index (χ1) is 17.8. The van der Waals surface area contributed by atoms with E-state index in [1.807, 2.05) is 31.2 Å². The van der Waals surface area contributed by atoms with Crippen LogP contribution in [0.2, 0.25) is 0 Å². The van der Waals surface area contributed by atoms with Crippen LogP contribution in [0.4, 0.5) is 0 Å². The van der Waals surface area contributed by atoms with Crippen LogP contribution in [0.15, 0.2) is 71.6 Å². The highest BCUT2D eigenvalue weighted by atomic mass is 32.2. The number of aliphatic hydroxyl groups is 1. The molecule has 0 aromatic heterocycles. The van der Waals surface area contributed by atoms with Gasteiger partial charge in [-0.2, -0.15) is 4.31 Å². The standard InChI is InChI=1S/C30H36N2O4S/c1-21-10-15-28(36-3)25(18-21)23-11-13-24(14-12-23)30-26-19-31(16-6-7-17-32(26)27(30)20-33)37(34,35)29-9-5-4-8-22(29)2/h4-5,8-15,18,26-27,30,33H,6-7,16-17,19-20H2,1-3H3/t26-,27+,30-/m0/s1. The number of fused-ring (bicyclic) bond motifs is 1. The molecule has 2 fully saturated rings. The Kier molecular flexibility index (Phi) is 7.41. The SMILES string of the molecule is COc1ccc(C)cc1-c1ccc([C@@H]2[C@@H](CO)N3CCCCN(S(=O)(=O)c4ccccc4C)C[C@@H]23)cc1. The molecule has 6 nitrogen and oxygen atoms in total. The Bertz CT molecular complexity index is 1360. The van der Waals surface area contributed by atoms with Crippen LogP contribution in [0, 0.1) is 13.8 Å². The Morgan fingerprint density at radius 3 is 2.41 bits per heavy atom. The van der Waals surface area contributed by atoms with Gasteiger partial charge in [0.15, 0.2) is 0 Å². The Balaban J connectivity index is 1.45. The Labute approximate surface area is 220 Å². The molecule has 1 N–H and O–H groups in total. The van der Waals surface area contributed by atoms with Crippen molar-refractivity contribution in [1.29, 1.82) is 0 Å². The molecule has 0 aliphatic carbocycles. The predicted octanol–water partition coefficient (Wildman–Crippen LogP) is 4.59. The van der Waals surface area contributed by atoms with Crippen LogP contribution < -0.4 is 4.74 Å². The number of nitrogens with zero attached hydrogens (tertiary/aromatic N) is 2. The van der Waals surface area contributed by atoms with Crippen molar-refractivity contribution >= 4 is 10.0 Å². The third-order valence-corrected chi connectivity index (χ3v) is 10.0. The molecular formula is C30H36N2O4S. The first kappa shape index (κ1) is 25.9. The molecular weight excluding hydrogens is 484 g/mol. The zero-order chi connectivity index (χ0) is 26.2. The van der Waals surface area contributed by atoms with E-state index in [-0.39, 0.29) is 24.6 Å². The topological polar surface area (TPSA) is 70.1 Å².